The van der Waals surface area contributed by atoms with E-state index < -0.39 is 17.4 Å². The predicted molar refractivity (Wildman–Crippen MR) is 106 cm³/mol. The summed E-state index contributed by atoms with van der Waals surface area (Å²) < 4.78 is 10.5. The van der Waals surface area contributed by atoms with E-state index in [4.69, 9.17) is 9.47 Å². The highest BCUT2D eigenvalue weighted by Crippen LogP contribution is 2.30. The predicted octanol–water partition coefficient (Wildman–Crippen LogP) is 0.680. The number of amides is 2. The van der Waals surface area contributed by atoms with Gasteiger partial charge in [-0.3, -0.25) is 19.4 Å². The number of H-pyrrole nitrogens is 1. The fourth-order valence-electron chi connectivity index (χ4n) is 3.44. The largest absolute Gasteiger partial charge is 0.497 e. The third-order valence-corrected chi connectivity index (χ3v) is 4.90. The van der Waals surface area contributed by atoms with Crippen LogP contribution in [-0.2, 0) is 14.3 Å². The average Bonchev–Trinajstić information content (AvgIpc) is 2.73. The Morgan fingerprint density at radius 1 is 1.31 bits per heavy atom. The molecule has 0 bridgehead atoms. The van der Waals surface area contributed by atoms with Gasteiger partial charge in [0.1, 0.15) is 11.6 Å². The number of benzene rings is 1. The van der Waals surface area contributed by atoms with Crippen molar-refractivity contribution in [2.45, 2.75) is 12.3 Å². The smallest absolute Gasteiger partial charge is 0.258 e. The molecule has 2 aromatic rings. The molecule has 2 aliphatic heterocycles. The molecule has 3 heterocycles. The van der Waals surface area contributed by atoms with Gasteiger partial charge in [-0.1, -0.05) is 6.07 Å². The number of fused-ring (bicyclic) bond motifs is 1. The van der Waals surface area contributed by atoms with E-state index in [9.17, 15) is 14.4 Å². The number of aromatic amines is 1. The number of morpholine rings is 1. The molecule has 0 saturated carbocycles. The molecule has 0 aliphatic carbocycles. The summed E-state index contributed by atoms with van der Waals surface area (Å²) >= 11 is 0. The minimum absolute atomic E-state index is 0.122. The number of carbonyl (C=O) groups excluding carboxylic acids is 2. The number of anilines is 3. The van der Waals surface area contributed by atoms with E-state index in [-0.39, 0.29) is 23.7 Å². The molecule has 2 amide bonds. The first-order valence-corrected chi connectivity index (χ1v) is 9.27. The van der Waals surface area contributed by atoms with Crippen molar-refractivity contribution in [1.29, 1.82) is 0 Å². The number of hydrogen-bond acceptors (Lipinski definition) is 7. The monoisotopic (exact) mass is 399 g/mol. The van der Waals surface area contributed by atoms with E-state index in [0.717, 1.165) is 0 Å². The maximum Gasteiger partial charge on any atom is 0.258 e. The van der Waals surface area contributed by atoms with Crippen LogP contribution < -0.4 is 25.8 Å². The summed E-state index contributed by atoms with van der Waals surface area (Å²) in [7, 11) is 1.53. The molecule has 1 atom stereocenters. The minimum Gasteiger partial charge on any atom is -0.497 e. The molecule has 10 heteroatoms. The second-order valence-electron chi connectivity index (χ2n) is 6.78. The summed E-state index contributed by atoms with van der Waals surface area (Å²) in [6, 6.07) is 6.85. The number of hydrogen-bond donors (Lipinski definition) is 3. The Morgan fingerprint density at radius 2 is 2.10 bits per heavy atom. The van der Waals surface area contributed by atoms with E-state index in [1.807, 2.05) is 4.90 Å². The van der Waals surface area contributed by atoms with Gasteiger partial charge in [0.25, 0.3) is 5.56 Å². The minimum atomic E-state index is -0.944. The lowest BCUT2D eigenvalue weighted by molar-refractivity contribution is -0.123. The second-order valence-corrected chi connectivity index (χ2v) is 6.78. The summed E-state index contributed by atoms with van der Waals surface area (Å²) in [4.78, 5) is 46.9. The zero-order valence-corrected chi connectivity index (χ0v) is 15.9. The molecule has 1 saturated heterocycles. The van der Waals surface area contributed by atoms with Crippen molar-refractivity contribution >= 4 is 29.3 Å². The maximum atomic E-state index is 12.9. The molecular weight excluding hydrogens is 378 g/mol. The molecule has 1 fully saturated rings. The van der Waals surface area contributed by atoms with Crippen LogP contribution in [-0.4, -0.2) is 55.2 Å². The Kier molecular flexibility index (Phi) is 5.17. The highest BCUT2D eigenvalue weighted by molar-refractivity contribution is 6.04. The van der Waals surface area contributed by atoms with E-state index in [1.54, 1.807) is 24.3 Å². The maximum absolute atomic E-state index is 12.9. The fourth-order valence-corrected chi connectivity index (χ4v) is 3.44. The lowest BCUT2D eigenvalue weighted by Gasteiger charge is -2.29. The highest BCUT2D eigenvalue weighted by Gasteiger charge is 2.35. The fraction of sp³-hybridized carbons (Fsp3) is 0.368. The van der Waals surface area contributed by atoms with Crippen molar-refractivity contribution < 1.29 is 19.1 Å². The Morgan fingerprint density at radius 3 is 2.86 bits per heavy atom. The first kappa shape index (κ1) is 18.9. The zero-order chi connectivity index (χ0) is 20.4. The quantitative estimate of drug-likeness (QED) is 0.690. The molecule has 3 N–H and O–H groups in total. The van der Waals surface area contributed by atoms with Gasteiger partial charge in [-0.2, -0.15) is 4.98 Å². The van der Waals surface area contributed by atoms with Gasteiger partial charge in [-0.15, -0.1) is 0 Å². The Hall–Kier alpha value is -3.40. The van der Waals surface area contributed by atoms with Crippen LogP contribution in [0, 0.1) is 0 Å². The number of methoxy groups -OCH3 is 1. The Bertz CT molecular complexity index is 999. The van der Waals surface area contributed by atoms with Crippen molar-refractivity contribution in [2.75, 3.05) is 48.9 Å². The van der Waals surface area contributed by atoms with Gasteiger partial charge in [0.05, 0.1) is 31.8 Å². The van der Waals surface area contributed by atoms with E-state index in [2.05, 4.69) is 20.6 Å². The normalized spacial score (nSPS) is 18.6. The molecular formula is C19H21N5O5. The van der Waals surface area contributed by atoms with E-state index >= 15 is 0 Å². The number of nitrogens with one attached hydrogen (secondary N) is 3. The lowest BCUT2D eigenvalue weighted by Crippen LogP contribution is -2.41. The molecule has 0 unspecified atom stereocenters. The molecule has 10 nitrogen and oxygen atoms in total. The number of nitrogens with zero attached hydrogens (tertiary/aromatic N) is 2. The number of aromatic nitrogens is 2. The number of rotatable bonds is 4. The van der Waals surface area contributed by atoms with Gasteiger partial charge in [-0.05, 0) is 12.1 Å². The SMILES string of the molecule is COc1cccc(NC(=O)[C@@H]2CC(=O)Nc3nc(N4CCOCC4)[nH]c(=O)c32)c1. The van der Waals surface area contributed by atoms with E-state index in [0.29, 0.717) is 43.7 Å². The summed E-state index contributed by atoms with van der Waals surface area (Å²) in [5.74, 6) is -0.710. The van der Waals surface area contributed by atoms with Crippen LogP contribution in [0.15, 0.2) is 29.1 Å². The molecule has 4 rings (SSSR count). The zero-order valence-electron chi connectivity index (χ0n) is 15.9. The van der Waals surface area contributed by atoms with Crippen LogP contribution in [0.1, 0.15) is 17.9 Å². The molecule has 29 heavy (non-hydrogen) atoms. The van der Waals surface area contributed by atoms with Gasteiger partial charge >= 0.3 is 0 Å². The molecule has 152 valence electrons. The van der Waals surface area contributed by atoms with Crippen molar-refractivity contribution in [1.82, 2.24) is 9.97 Å². The van der Waals surface area contributed by atoms with Crippen LogP contribution in [0.4, 0.5) is 17.5 Å². The van der Waals surface area contributed by atoms with E-state index in [1.165, 1.54) is 7.11 Å². The van der Waals surface area contributed by atoms with Crippen molar-refractivity contribution in [3.63, 3.8) is 0 Å². The summed E-state index contributed by atoms with van der Waals surface area (Å²) in [6.07, 6.45) is -0.134. The molecule has 1 aromatic heterocycles. The third-order valence-electron chi connectivity index (χ3n) is 4.90. The van der Waals surface area contributed by atoms with Crippen LogP contribution >= 0.6 is 0 Å². The van der Waals surface area contributed by atoms with Gasteiger partial charge in [-0.25, -0.2) is 0 Å². The summed E-state index contributed by atoms with van der Waals surface area (Å²) in [5.41, 5.74) is 0.223. The van der Waals surface area contributed by atoms with Crippen LogP contribution in [0.3, 0.4) is 0 Å². The van der Waals surface area contributed by atoms with Crippen molar-refractivity contribution in [3.8, 4) is 5.75 Å². The van der Waals surface area contributed by atoms with Crippen LogP contribution in [0.5, 0.6) is 5.75 Å². The van der Waals surface area contributed by atoms with Crippen molar-refractivity contribution in [2.24, 2.45) is 0 Å². The summed E-state index contributed by atoms with van der Waals surface area (Å²) in [5, 5.41) is 5.37. The molecule has 0 spiro atoms. The molecule has 0 radical (unpaired) electrons. The second kappa shape index (κ2) is 7.92. The lowest BCUT2D eigenvalue weighted by atomic mass is 9.92. The topological polar surface area (TPSA) is 126 Å². The Balaban J connectivity index is 1.63. The van der Waals surface area contributed by atoms with Gasteiger partial charge < -0.3 is 25.0 Å². The van der Waals surface area contributed by atoms with Crippen LogP contribution in [0.25, 0.3) is 0 Å². The van der Waals surface area contributed by atoms with Crippen molar-refractivity contribution in [3.05, 3.63) is 40.2 Å². The average molecular weight is 399 g/mol. The third kappa shape index (κ3) is 3.92. The number of carbonyl (C=O) groups is 2. The first-order valence-electron chi connectivity index (χ1n) is 9.27. The van der Waals surface area contributed by atoms with Gasteiger partial charge in [0.15, 0.2) is 0 Å². The Labute approximate surface area is 166 Å². The molecule has 2 aliphatic rings. The first-order chi connectivity index (χ1) is 14.0. The van der Waals surface area contributed by atoms with Gasteiger partial charge in [0, 0.05) is 31.3 Å². The summed E-state index contributed by atoms with van der Waals surface area (Å²) in [6.45, 7) is 2.21. The van der Waals surface area contributed by atoms with Crippen LogP contribution in [0.2, 0.25) is 0 Å². The van der Waals surface area contributed by atoms with Gasteiger partial charge in [0.2, 0.25) is 17.8 Å². The standard InChI is InChI=1S/C19H21N5O5/c1-28-12-4-2-3-11(9-12)20-17(26)13-10-14(25)21-16-15(13)18(27)23-19(22-16)24-5-7-29-8-6-24/h2-4,9,13H,5-8,10H2,1H3,(H,20,26)(H2,21,22,23,25,27)/t13-/m1/s1. The highest BCUT2D eigenvalue weighted by atomic mass is 16.5. The number of ether oxygens (including phenoxy) is 2. The molecule has 1 aromatic carbocycles.